The van der Waals surface area contributed by atoms with E-state index in [0.717, 1.165) is 15.7 Å². The molecule has 0 aliphatic carbocycles. The minimum atomic E-state index is -3.57. The Balaban J connectivity index is 1.62. The first-order chi connectivity index (χ1) is 13.3. The largest absolute Gasteiger partial charge is 0.497 e. The fourth-order valence-corrected chi connectivity index (χ4v) is 5.20. The summed E-state index contributed by atoms with van der Waals surface area (Å²) < 4.78 is 33.1. The number of piperidine rings is 1. The summed E-state index contributed by atoms with van der Waals surface area (Å²) in [5.74, 6) is 0.342. The molecule has 1 aliphatic heterocycles. The minimum Gasteiger partial charge on any atom is -0.497 e. The molecule has 1 N–H and O–H groups in total. The number of halogens is 1. The van der Waals surface area contributed by atoms with Crippen LogP contribution in [0.5, 0.6) is 5.75 Å². The van der Waals surface area contributed by atoms with Gasteiger partial charge in [-0.3, -0.25) is 4.79 Å². The molecule has 3 rings (SSSR count). The SMILES string of the molecule is COc1ccc(S(=O)(=O)N2CCC(C(=O)Nc3ccc(Br)cc3C)CC2)cc1. The smallest absolute Gasteiger partial charge is 0.243 e. The van der Waals surface area contributed by atoms with Gasteiger partial charge in [0.2, 0.25) is 15.9 Å². The lowest BCUT2D eigenvalue weighted by molar-refractivity contribution is -0.120. The molecule has 1 fully saturated rings. The first kappa shape index (κ1) is 20.8. The summed E-state index contributed by atoms with van der Waals surface area (Å²) in [6, 6.07) is 12.0. The fraction of sp³-hybridized carbons (Fsp3) is 0.350. The fourth-order valence-electron chi connectivity index (χ4n) is 3.26. The quantitative estimate of drug-likeness (QED) is 0.726. The molecule has 28 heavy (non-hydrogen) atoms. The van der Waals surface area contributed by atoms with E-state index in [4.69, 9.17) is 4.74 Å². The predicted molar refractivity (Wildman–Crippen MR) is 112 cm³/mol. The minimum absolute atomic E-state index is 0.0630. The van der Waals surface area contributed by atoms with E-state index in [1.165, 1.54) is 11.4 Å². The first-order valence-corrected chi connectivity index (χ1v) is 11.3. The number of methoxy groups -OCH3 is 1. The highest BCUT2D eigenvalue weighted by atomic mass is 79.9. The number of anilines is 1. The molecular weight excluding hydrogens is 444 g/mol. The predicted octanol–water partition coefficient (Wildman–Crippen LogP) is 3.81. The summed E-state index contributed by atoms with van der Waals surface area (Å²) >= 11 is 3.41. The highest BCUT2D eigenvalue weighted by molar-refractivity contribution is 9.10. The van der Waals surface area contributed by atoms with Gasteiger partial charge in [-0.1, -0.05) is 15.9 Å². The van der Waals surface area contributed by atoms with Gasteiger partial charge < -0.3 is 10.1 Å². The van der Waals surface area contributed by atoms with E-state index < -0.39 is 10.0 Å². The van der Waals surface area contributed by atoms with Crippen molar-refractivity contribution in [3.05, 3.63) is 52.5 Å². The zero-order chi connectivity index (χ0) is 20.3. The molecule has 1 amide bonds. The van der Waals surface area contributed by atoms with Gasteiger partial charge in [-0.25, -0.2) is 8.42 Å². The molecule has 0 bridgehead atoms. The standard InChI is InChI=1S/C20H23BrN2O4S/c1-14-13-16(21)3-8-19(14)22-20(24)15-9-11-23(12-10-15)28(25,26)18-6-4-17(27-2)5-7-18/h3-8,13,15H,9-12H2,1-2H3,(H,22,24). The van der Waals surface area contributed by atoms with Gasteiger partial charge in [0.15, 0.2) is 0 Å². The normalized spacial score (nSPS) is 16.0. The summed E-state index contributed by atoms with van der Waals surface area (Å²) in [5, 5.41) is 2.96. The van der Waals surface area contributed by atoms with E-state index in [9.17, 15) is 13.2 Å². The lowest BCUT2D eigenvalue weighted by Gasteiger charge is -2.30. The van der Waals surface area contributed by atoms with Crippen molar-refractivity contribution in [1.82, 2.24) is 4.31 Å². The second-order valence-corrected chi connectivity index (χ2v) is 9.66. The molecule has 0 atom stereocenters. The van der Waals surface area contributed by atoms with Crippen molar-refractivity contribution in [3.63, 3.8) is 0 Å². The van der Waals surface area contributed by atoms with Crippen molar-refractivity contribution in [2.45, 2.75) is 24.7 Å². The van der Waals surface area contributed by atoms with Gasteiger partial charge >= 0.3 is 0 Å². The molecule has 1 saturated heterocycles. The number of carbonyl (C=O) groups is 1. The van der Waals surface area contributed by atoms with Crippen LogP contribution in [0.4, 0.5) is 5.69 Å². The van der Waals surface area contributed by atoms with Gasteiger partial charge in [-0.05, 0) is 67.8 Å². The van der Waals surface area contributed by atoms with Gasteiger partial charge in [0.1, 0.15) is 5.75 Å². The number of nitrogens with zero attached hydrogens (tertiary/aromatic N) is 1. The van der Waals surface area contributed by atoms with E-state index in [0.29, 0.717) is 31.7 Å². The van der Waals surface area contributed by atoms with Gasteiger partial charge in [0, 0.05) is 29.2 Å². The number of amides is 1. The Morgan fingerprint density at radius 2 is 1.79 bits per heavy atom. The van der Waals surface area contributed by atoms with Gasteiger partial charge in [-0.15, -0.1) is 0 Å². The summed E-state index contributed by atoms with van der Waals surface area (Å²) in [6.07, 6.45) is 0.994. The lowest BCUT2D eigenvalue weighted by atomic mass is 9.97. The number of hydrogen-bond donors (Lipinski definition) is 1. The molecule has 8 heteroatoms. The average molecular weight is 467 g/mol. The van der Waals surface area contributed by atoms with E-state index in [1.54, 1.807) is 24.3 Å². The van der Waals surface area contributed by atoms with E-state index in [-0.39, 0.29) is 16.7 Å². The van der Waals surface area contributed by atoms with Crippen LogP contribution in [0.1, 0.15) is 18.4 Å². The number of nitrogens with one attached hydrogen (secondary N) is 1. The van der Waals surface area contributed by atoms with Crippen molar-refractivity contribution in [2.24, 2.45) is 5.92 Å². The number of hydrogen-bond acceptors (Lipinski definition) is 4. The Morgan fingerprint density at radius 3 is 2.36 bits per heavy atom. The zero-order valence-electron chi connectivity index (χ0n) is 15.8. The van der Waals surface area contributed by atoms with Gasteiger partial charge in [0.05, 0.1) is 12.0 Å². The average Bonchev–Trinajstić information content (AvgIpc) is 2.70. The molecule has 0 unspecified atom stereocenters. The number of rotatable bonds is 5. The Morgan fingerprint density at radius 1 is 1.14 bits per heavy atom. The molecule has 0 spiro atoms. The van der Waals surface area contributed by atoms with E-state index in [1.807, 2.05) is 25.1 Å². The van der Waals surface area contributed by atoms with Gasteiger partial charge in [0.25, 0.3) is 0 Å². The molecule has 6 nitrogen and oxygen atoms in total. The molecule has 2 aromatic carbocycles. The third kappa shape index (κ3) is 4.56. The van der Waals surface area contributed by atoms with Crippen molar-refractivity contribution in [2.75, 3.05) is 25.5 Å². The van der Waals surface area contributed by atoms with Crippen molar-refractivity contribution in [3.8, 4) is 5.75 Å². The highest BCUT2D eigenvalue weighted by Gasteiger charge is 2.32. The molecule has 1 heterocycles. The third-order valence-electron chi connectivity index (χ3n) is 4.97. The Labute approximate surface area is 174 Å². The van der Waals surface area contributed by atoms with Crippen molar-refractivity contribution >= 4 is 37.5 Å². The monoisotopic (exact) mass is 466 g/mol. The maximum atomic E-state index is 12.8. The van der Waals surface area contributed by atoms with Gasteiger partial charge in [-0.2, -0.15) is 4.31 Å². The number of carbonyl (C=O) groups excluding carboxylic acids is 1. The van der Waals surface area contributed by atoms with Crippen LogP contribution in [0.15, 0.2) is 51.8 Å². The second-order valence-electron chi connectivity index (χ2n) is 6.80. The molecule has 0 aromatic heterocycles. The summed E-state index contributed by atoms with van der Waals surface area (Å²) in [6.45, 7) is 2.59. The number of benzene rings is 2. The zero-order valence-corrected chi connectivity index (χ0v) is 18.2. The Hall–Kier alpha value is -1.90. The molecule has 2 aromatic rings. The molecule has 1 aliphatic rings. The van der Waals surface area contributed by atoms with Crippen LogP contribution in [-0.4, -0.2) is 38.8 Å². The molecule has 0 saturated carbocycles. The summed E-state index contributed by atoms with van der Waals surface area (Å²) in [4.78, 5) is 12.8. The van der Waals surface area contributed by atoms with Crippen LogP contribution < -0.4 is 10.1 Å². The van der Waals surface area contributed by atoms with Crippen LogP contribution >= 0.6 is 15.9 Å². The molecule has 150 valence electrons. The van der Waals surface area contributed by atoms with Crippen LogP contribution in [-0.2, 0) is 14.8 Å². The Bertz CT molecular complexity index is 953. The number of aryl methyl sites for hydroxylation is 1. The number of ether oxygens (including phenoxy) is 1. The topological polar surface area (TPSA) is 75.7 Å². The number of sulfonamides is 1. The third-order valence-corrected chi connectivity index (χ3v) is 7.37. The first-order valence-electron chi connectivity index (χ1n) is 9.02. The maximum absolute atomic E-state index is 12.8. The van der Waals surface area contributed by atoms with E-state index in [2.05, 4.69) is 21.2 Å². The molecule has 0 radical (unpaired) electrons. The maximum Gasteiger partial charge on any atom is 0.243 e. The van der Waals surface area contributed by atoms with Crippen LogP contribution in [0.3, 0.4) is 0 Å². The highest BCUT2D eigenvalue weighted by Crippen LogP contribution is 2.27. The van der Waals surface area contributed by atoms with Crippen molar-refractivity contribution in [1.29, 1.82) is 0 Å². The van der Waals surface area contributed by atoms with E-state index >= 15 is 0 Å². The second kappa shape index (κ2) is 8.63. The van der Waals surface area contributed by atoms with Crippen molar-refractivity contribution < 1.29 is 17.9 Å². The van der Waals surface area contributed by atoms with Crippen LogP contribution in [0, 0.1) is 12.8 Å². The van der Waals surface area contributed by atoms with Crippen LogP contribution in [0.2, 0.25) is 0 Å². The lowest BCUT2D eigenvalue weighted by Crippen LogP contribution is -2.41. The summed E-state index contributed by atoms with van der Waals surface area (Å²) in [7, 11) is -2.03. The summed E-state index contributed by atoms with van der Waals surface area (Å²) in [5.41, 5.74) is 1.75. The van der Waals surface area contributed by atoms with Crippen LogP contribution in [0.25, 0.3) is 0 Å². The Kier molecular flexibility index (Phi) is 6.42. The molecular formula is C20H23BrN2O4S.